The number of hydrogen-bond acceptors (Lipinski definition) is 6. The average molecular weight is 533 g/mol. The lowest BCUT2D eigenvalue weighted by Gasteiger charge is -2.28. The SMILES string of the molecule is CCCCCOc1cccc(C2C(=C(O)c3nc4c(C)cccn4c3C)C(=O)C(=O)N2CCN(CC)CC)c1. The zero-order valence-electron chi connectivity index (χ0n) is 23.7. The number of Topliss-reactive ketones (excluding diaryl/α,β-unsaturated/α-hetero) is 1. The average Bonchev–Trinajstić information content (AvgIpc) is 3.41. The van der Waals surface area contributed by atoms with E-state index in [1.165, 1.54) is 0 Å². The Morgan fingerprint density at radius 3 is 2.54 bits per heavy atom. The lowest BCUT2D eigenvalue weighted by atomic mass is 9.96. The van der Waals surface area contributed by atoms with Gasteiger partial charge >= 0.3 is 0 Å². The van der Waals surface area contributed by atoms with Crippen LogP contribution in [0.4, 0.5) is 0 Å². The van der Waals surface area contributed by atoms with E-state index in [0.717, 1.165) is 43.5 Å². The summed E-state index contributed by atoms with van der Waals surface area (Å²) in [5, 5.41) is 11.6. The molecular formula is C31H40N4O4. The molecule has 1 aromatic carbocycles. The van der Waals surface area contributed by atoms with Crippen molar-refractivity contribution in [2.45, 2.75) is 59.9 Å². The van der Waals surface area contributed by atoms with E-state index in [9.17, 15) is 14.7 Å². The Morgan fingerprint density at radius 1 is 1.08 bits per heavy atom. The molecule has 0 aliphatic carbocycles. The number of imidazole rings is 1. The summed E-state index contributed by atoms with van der Waals surface area (Å²) in [7, 11) is 0. The van der Waals surface area contributed by atoms with Crippen molar-refractivity contribution in [2.24, 2.45) is 0 Å². The van der Waals surface area contributed by atoms with Gasteiger partial charge in [0, 0.05) is 19.3 Å². The van der Waals surface area contributed by atoms with Gasteiger partial charge < -0.3 is 24.0 Å². The van der Waals surface area contributed by atoms with Gasteiger partial charge in [-0.3, -0.25) is 9.59 Å². The van der Waals surface area contributed by atoms with E-state index in [1.54, 1.807) is 4.90 Å². The summed E-state index contributed by atoms with van der Waals surface area (Å²) >= 11 is 0. The Kier molecular flexibility index (Phi) is 9.07. The molecule has 8 nitrogen and oxygen atoms in total. The van der Waals surface area contributed by atoms with Crippen molar-refractivity contribution in [3.8, 4) is 5.75 Å². The molecule has 1 aliphatic rings. The minimum atomic E-state index is -0.745. The van der Waals surface area contributed by atoms with Gasteiger partial charge in [-0.1, -0.05) is 51.8 Å². The van der Waals surface area contributed by atoms with Gasteiger partial charge in [0.1, 0.15) is 17.1 Å². The molecule has 0 bridgehead atoms. The highest BCUT2D eigenvalue weighted by atomic mass is 16.5. The number of rotatable bonds is 12. The fraction of sp³-hybridized carbons (Fsp3) is 0.452. The molecule has 1 amide bonds. The Bertz CT molecular complexity index is 1370. The lowest BCUT2D eigenvalue weighted by Crippen LogP contribution is -2.38. The number of ether oxygens (including phenoxy) is 1. The molecule has 1 aliphatic heterocycles. The highest BCUT2D eigenvalue weighted by Gasteiger charge is 2.46. The van der Waals surface area contributed by atoms with Crippen LogP contribution in [-0.2, 0) is 9.59 Å². The molecule has 0 spiro atoms. The summed E-state index contributed by atoms with van der Waals surface area (Å²) in [5.74, 6) is -0.879. The Balaban J connectivity index is 1.81. The summed E-state index contributed by atoms with van der Waals surface area (Å²) in [6.45, 7) is 13.3. The first kappa shape index (κ1) is 28.4. The van der Waals surface area contributed by atoms with Crippen molar-refractivity contribution < 1.29 is 19.4 Å². The molecule has 39 heavy (non-hydrogen) atoms. The molecule has 3 aromatic rings. The van der Waals surface area contributed by atoms with Crippen LogP contribution >= 0.6 is 0 Å². The van der Waals surface area contributed by atoms with Gasteiger partial charge in [0.05, 0.1) is 23.9 Å². The van der Waals surface area contributed by atoms with E-state index in [4.69, 9.17) is 4.74 Å². The van der Waals surface area contributed by atoms with Crippen molar-refractivity contribution in [1.82, 2.24) is 19.2 Å². The van der Waals surface area contributed by atoms with Crippen molar-refractivity contribution in [1.29, 1.82) is 0 Å². The van der Waals surface area contributed by atoms with E-state index >= 15 is 0 Å². The number of unbranched alkanes of at least 4 members (excludes halogenated alkanes) is 2. The second-order valence-electron chi connectivity index (χ2n) is 10.1. The molecule has 2 aromatic heterocycles. The molecule has 8 heteroatoms. The van der Waals surface area contributed by atoms with Gasteiger partial charge in [0.25, 0.3) is 11.7 Å². The topological polar surface area (TPSA) is 87.4 Å². The number of nitrogens with zero attached hydrogens (tertiary/aromatic N) is 4. The molecular weight excluding hydrogens is 492 g/mol. The summed E-state index contributed by atoms with van der Waals surface area (Å²) in [4.78, 5) is 35.4. The van der Waals surface area contributed by atoms with Crippen LogP contribution in [0, 0.1) is 13.8 Å². The third-order valence-corrected chi connectivity index (χ3v) is 7.59. The molecule has 0 saturated carbocycles. The third-order valence-electron chi connectivity index (χ3n) is 7.59. The molecule has 3 heterocycles. The number of aryl methyl sites for hydroxylation is 2. The smallest absolute Gasteiger partial charge is 0.295 e. The minimum absolute atomic E-state index is 0.0619. The van der Waals surface area contributed by atoms with Gasteiger partial charge in [0.15, 0.2) is 5.76 Å². The number of carbonyl (C=O) groups is 2. The highest BCUT2D eigenvalue weighted by Crippen LogP contribution is 2.40. The molecule has 4 rings (SSSR count). The van der Waals surface area contributed by atoms with E-state index in [-0.39, 0.29) is 11.3 Å². The zero-order chi connectivity index (χ0) is 28.1. The zero-order valence-corrected chi connectivity index (χ0v) is 23.7. The molecule has 1 fully saturated rings. The van der Waals surface area contributed by atoms with Crippen molar-refractivity contribution >= 4 is 23.1 Å². The summed E-state index contributed by atoms with van der Waals surface area (Å²) in [5.41, 5.74) is 3.44. The van der Waals surface area contributed by atoms with E-state index in [0.29, 0.717) is 42.5 Å². The number of fused-ring (bicyclic) bond motifs is 1. The number of aliphatic hydroxyl groups excluding tert-OH is 1. The first-order valence-electron chi connectivity index (χ1n) is 14.0. The normalized spacial score (nSPS) is 17.1. The maximum atomic E-state index is 13.5. The number of amides is 1. The van der Waals surface area contributed by atoms with Crippen LogP contribution in [0.3, 0.4) is 0 Å². The number of hydrogen-bond donors (Lipinski definition) is 1. The first-order valence-corrected chi connectivity index (χ1v) is 14.0. The fourth-order valence-electron chi connectivity index (χ4n) is 5.24. The quantitative estimate of drug-likeness (QED) is 0.148. The largest absolute Gasteiger partial charge is 0.505 e. The van der Waals surface area contributed by atoms with E-state index < -0.39 is 17.7 Å². The third kappa shape index (κ3) is 5.71. The van der Waals surface area contributed by atoms with E-state index in [1.807, 2.05) is 60.8 Å². The molecule has 1 unspecified atom stereocenters. The van der Waals surface area contributed by atoms with Crippen LogP contribution < -0.4 is 4.74 Å². The van der Waals surface area contributed by atoms with Crippen LogP contribution in [0.25, 0.3) is 11.4 Å². The maximum absolute atomic E-state index is 13.5. The maximum Gasteiger partial charge on any atom is 0.295 e. The number of aliphatic hydroxyl groups is 1. The number of pyridine rings is 1. The van der Waals surface area contributed by atoms with Crippen molar-refractivity contribution in [2.75, 3.05) is 32.8 Å². The Hall–Kier alpha value is -3.65. The number of aromatic nitrogens is 2. The number of likely N-dealkylation sites (tertiary alicyclic amines) is 1. The van der Waals surface area contributed by atoms with Crippen LogP contribution in [0.5, 0.6) is 5.75 Å². The number of likely N-dealkylation sites (N-methyl/N-ethyl adjacent to an activating group) is 1. The molecule has 1 N–H and O–H groups in total. The summed E-state index contributed by atoms with van der Waals surface area (Å²) in [6, 6.07) is 10.6. The summed E-state index contributed by atoms with van der Waals surface area (Å²) < 4.78 is 7.88. The Labute approximate surface area is 230 Å². The molecule has 1 atom stereocenters. The standard InChI is InChI=1S/C31H40N4O4/c1-6-9-10-19-39-24-15-11-14-23(20-24)27-25(29(37)31(38)35(27)18-17-33(7-2)8-3)28(36)26-22(5)34-16-12-13-21(4)30(34)32-26/h11-16,20,27,36H,6-10,17-19H2,1-5H3. The van der Waals surface area contributed by atoms with Gasteiger partial charge in [0.2, 0.25) is 0 Å². The van der Waals surface area contributed by atoms with Crippen LogP contribution in [0.2, 0.25) is 0 Å². The Morgan fingerprint density at radius 2 is 1.85 bits per heavy atom. The predicted molar refractivity (Wildman–Crippen MR) is 153 cm³/mol. The number of benzene rings is 1. The van der Waals surface area contributed by atoms with Gasteiger partial charge in [-0.2, -0.15) is 0 Å². The predicted octanol–water partition coefficient (Wildman–Crippen LogP) is 5.28. The van der Waals surface area contributed by atoms with Gasteiger partial charge in [-0.25, -0.2) is 4.98 Å². The van der Waals surface area contributed by atoms with Gasteiger partial charge in [-0.05, 0) is 62.7 Å². The van der Waals surface area contributed by atoms with Crippen LogP contribution in [0.15, 0.2) is 48.2 Å². The van der Waals surface area contributed by atoms with Crippen LogP contribution in [-0.4, -0.2) is 68.8 Å². The second-order valence-corrected chi connectivity index (χ2v) is 10.1. The van der Waals surface area contributed by atoms with E-state index in [2.05, 4.69) is 30.7 Å². The lowest BCUT2D eigenvalue weighted by molar-refractivity contribution is -0.140. The molecule has 0 radical (unpaired) electrons. The minimum Gasteiger partial charge on any atom is -0.505 e. The first-order chi connectivity index (χ1) is 18.8. The van der Waals surface area contributed by atoms with Crippen molar-refractivity contribution in [3.05, 3.63) is 70.7 Å². The van der Waals surface area contributed by atoms with Gasteiger partial charge in [-0.15, -0.1) is 0 Å². The highest BCUT2D eigenvalue weighted by molar-refractivity contribution is 6.46. The molecule has 1 saturated heterocycles. The second kappa shape index (κ2) is 12.5. The fourth-order valence-corrected chi connectivity index (χ4v) is 5.24. The van der Waals surface area contributed by atoms with Crippen molar-refractivity contribution in [3.63, 3.8) is 0 Å². The number of carbonyl (C=O) groups excluding carboxylic acids is 2. The van der Waals surface area contributed by atoms with Crippen LogP contribution in [0.1, 0.15) is 68.6 Å². The summed E-state index contributed by atoms with van der Waals surface area (Å²) in [6.07, 6.45) is 5.02. The molecule has 208 valence electrons. The monoisotopic (exact) mass is 532 g/mol. The number of ketones is 1.